The third kappa shape index (κ3) is 2.81. The van der Waals surface area contributed by atoms with E-state index >= 15 is 0 Å². The fourth-order valence-corrected chi connectivity index (χ4v) is 3.90. The van der Waals surface area contributed by atoms with Crippen LogP contribution in [0, 0.1) is 5.41 Å². The Morgan fingerprint density at radius 2 is 2.00 bits per heavy atom. The van der Waals surface area contributed by atoms with Gasteiger partial charge in [0, 0.05) is 5.41 Å². The Balaban J connectivity index is 1.92. The van der Waals surface area contributed by atoms with E-state index in [4.69, 9.17) is 0 Å². The van der Waals surface area contributed by atoms with Gasteiger partial charge in [-0.25, -0.2) is 18.1 Å². The predicted molar refractivity (Wildman–Crippen MR) is 79.9 cm³/mol. The Labute approximate surface area is 129 Å². The van der Waals surface area contributed by atoms with Crippen LogP contribution < -0.4 is 0 Å². The Morgan fingerprint density at radius 3 is 2.55 bits per heavy atom. The van der Waals surface area contributed by atoms with E-state index in [1.165, 1.54) is 29.5 Å². The summed E-state index contributed by atoms with van der Waals surface area (Å²) in [7, 11) is -3.57. The average Bonchev–Trinajstić information content (AvgIpc) is 3.04. The summed E-state index contributed by atoms with van der Waals surface area (Å²) in [5.74, 6) is -0.382. The fraction of sp³-hybridized carbons (Fsp3) is 0.400. The number of sulfone groups is 1. The zero-order chi connectivity index (χ0) is 15.8. The molecule has 2 aromatic rings. The monoisotopic (exact) mass is 319 g/mol. The maximum atomic E-state index is 12.7. The molecule has 0 amide bonds. The number of carbonyl (C=O) groups is 1. The highest BCUT2D eigenvalue weighted by molar-refractivity contribution is 7.91. The number of benzene rings is 1. The fourth-order valence-electron chi connectivity index (χ4n) is 2.42. The van der Waals surface area contributed by atoms with E-state index in [1.807, 2.05) is 6.92 Å². The molecule has 1 atom stereocenters. The van der Waals surface area contributed by atoms with Crippen LogP contribution >= 0.6 is 0 Å². The molecule has 0 radical (unpaired) electrons. The molecule has 6 nitrogen and oxygen atoms in total. The van der Waals surface area contributed by atoms with Crippen molar-refractivity contribution in [3.8, 4) is 0 Å². The lowest BCUT2D eigenvalue weighted by molar-refractivity contribution is -0.126. The van der Waals surface area contributed by atoms with Crippen LogP contribution in [0.2, 0.25) is 0 Å². The highest BCUT2D eigenvalue weighted by atomic mass is 32.2. The summed E-state index contributed by atoms with van der Waals surface area (Å²) in [5, 5.41) is 3.98. The largest absolute Gasteiger partial charge is 0.297 e. The van der Waals surface area contributed by atoms with Crippen molar-refractivity contribution < 1.29 is 13.2 Å². The maximum absolute atomic E-state index is 12.7. The molecule has 1 unspecified atom stereocenters. The van der Waals surface area contributed by atoms with Crippen LogP contribution in [-0.4, -0.2) is 34.7 Å². The van der Waals surface area contributed by atoms with Gasteiger partial charge in [0.05, 0.1) is 10.6 Å². The van der Waals surface area contributed by atoms with E-state index in [2.05, 4.69) is 10.1 Å². The summed E-state index contributed by atoms with van der Waals surface area (Å²) in [6.45, 7) is 1.87. The van der Waals surface area contributed by atoms with Gasteiger partial charge in [-0.3, -0.25) is 4.79 Å². The van der Waals surface area contributed by atoms with Crippen molar-refractivity contribution in [1.82, 2.24) is 14.8 Å². The van der Waals surface area contributed by atoms with Gasteiger partial charge in [0.15, 0.2) is 15.6 Å². The molecule has 0 spiro atoms. The van der Waals surface area contributed by atoms with Crippen molar-refractivity contribution in [2.24, 2.45) is 5.41 Å². The smallest absolute Gasteiger partial charge is 0.180 e. The topological polar surface area (TPSA) is 81.9 Å². The predicted octanol–water partition coefficient (Wildman–Crippen LogP) is 1.66. The molecule has 1 aliphatic carbocycles. The zero-order valence-electron chi connectivity index (χ0n) is 12.2. The first-order chi connectivity index (χ1) is 10.4. The van der Waals surface area contributed by atoms with Gasteiger partial charge in [0.25, 0.3) is 0 Å². The lowest BCUT2D eigenvalue weighted by Gasteiger charge is -2.19. The summed E-state index contributed by atoms with van der Waals surface area (Å²) in [4.78, 5) is 16.7. The minimum Gasteiger partial charge on any atom is -0.297 e. The maximum Gasteiger partial charge on any atom is 0.180 e. The zero-order valence-corrected chi connectivity index (χ0v) is 13.0. The first-order valence-corrected chi connectivity index (χ1v) is 8.74. The molecule has 0 saturated heterocycles. The van der Waals surface area contributed by atoms with E-state index in [0.717, 1.165) is 12.8 Å². The van der Waals surface area contributed by atoms with Crippen molar-refractivity contribution in [3.05, 3.63) is 43.0 Å². The summed E-state index contributed by atoms with van der Waals surface area (Å²) in [6, 6.07) is 7.33. The Bertz CT molecular complexity index is 766. The number of carbonyl (C=O) groups excluding carboxylic acids is 1. The Kier molecular flexibility index (Phi) is 3.60. The lowest BCUT2D eigenvalue weighted by atomic mass is 9.98. The molecule has 1 aliphatic rings. The molecule has 0 N–H and O–H groups in total. The van der Waals surface area contributed by atoms with Gasteiger partial charge in [-0.1, -0.05) is 25.1 Å². The van der Waals surface area contributed by atoms with Gasteiger partial charge < -0.3 is 0 Å². The molecular formula is C15H17N3O3S. The van der Waals surface area contributed by atoms with Crippen LogP contribution in [-0.2, 0) is 14.6 Å². The molecule has 0 bridgehead atoms. The Morgan fingerprint density at radius 1 is 1.32 bits per heavy atom. The molecule has 22 heavy (non-hydrogen) atoms. The number of hydrogen-bond acceptors (Lipinski definition) is 5. The van der Waals surface area contributed by atoms with E-state index in [1.54, 1.807) is 18.2 Å². The van der Waals surface area contributed by atoms with Crippen molar-refractivity contribution in [1.29, 1.82) is 0 Å². The second kappa shape index (κ2) is 5.31. The van der Waals surface area contributed by atoms with Crippen LogP contribution in [0.5, 0.6) is 0 Å². The highest BCUT2D eigenvalue weighted by Gasteiger charge is 2.49. The Hall–Kier alpha value is -2.02. The van der Waals surface area contributed by atoms with Crippen LogP contribution in [0.4, 0.5) is 0 Å². The van der Waals surface area contributed by atoms with Gasteiger partial charge in [0.1, 0.15) is 18.7 Å². The van der Waals surface area contributed by atoms with Gasteiger partial charge >= 0.3 is 0 Å². The molecule has 3 rings (SSSR count). The number of aromatic nitrogens is 3. The highest BCUT2D eigenvalue weighted by Crippen LogP contribution is 2.48. The summed E-state index contributed by atoms with van der Waals surface area (Å²) in [6.07, 6.45) is 4.30. The lowest BCUT2D eigenvalue weighted by Crippen LogP contribution is -2.32. The SMILES string of the molecule is CC1(C(=O)C(CS(=O)(=O)c2ccccc2)n2cncn2)CC1. The normalized spacial score (nSPS) is 17.9. The van der Waals surface area contributed by atoms with Crippen LogP contribution in [0.15, 0.2) is 47.9 Å². The minimum absolute atomic E-state index is 0.0856. The molecule has 1 aromatic heterocycles. The second-order valence-corrected chi connectivity index (χ2v) is 7.94. The molecule has 1 heterocycles. The number of hydrogen-bond donors (Lipinski definition) is 0. The third-order valence-electron chi connectivity index (χ3n) is 4.13. The third-order valence-corrected chi connectivity index (χ3v) is 5.88. The minimum atomic E-state index is -3.57. The van der Waals surface area contributed by atoms with E-state index in [9.17, 15) is 13.2 Å². The molecule has 116 valence electrons. The average molecular weight is 319 g/mol. The van der Waals surface area contributed by atoms with E-state index in [-0.39, 0.29) is 16.4 Å². The molecule has 1 aromatic carbocycles. The first-order valence-electron chi connectivity index (χ1n) is 7.09. The van der Waals surface area contributed by atoms with E-state index < -0.39 is 21.3 Å². The van der Waals surface area contributed by atoms with Crippen molar-refractivity contribution in [2.45, 2.75) is 30.7 Å². The van der Waals surface area contributed by atoms with Crippen LogP contribution in [0.25, 0.3) is 0 Å². The van der Waals surface area contributed by atoms with Crippen LogP contribution in [0.1, 0.15) is 25.8 Å². The number of nitrogens with zero attached hydrogens (tertiary/aromatic N) is 3. The molecule has 1 saturated carbocycles. The number of ketones is 1. The van der Waals surface area contributed by atoms with Crippen molar-refractivity contribution >= 4 is 15.6 Å². The standard InChI is InChI=1S/C15H17N3O3S/c1-15(7-8-15)14(19)13(18-11-16-10-17-18)9-22(20,21)12-5-3-2-4-6-12/h2-6,10-11,13H,7-9H2,1H3. The molecule has 0 aliphatic heterocycles. The van der Waals surface area contributed by atoms with Gasteiger partial charge in [-0.05, 0) is 25.0 Å². The van der Waals surface area contributed by atoms with Gasteiger partial charge in [0.2, 0.25) is 0 Å². The van der Waals surface area contributed by atoms with Crippen molar-refractivity contribution in [2.75, 3.05) is 5.75 Å². The summed E-state index contributed by atoms with van der Waals surface area (Å²) < 4.78 is 26.5. The van der Waals surface area contributed by atoms with Crippen molar-refractivity contribution in [3.63, 3.8) is 0 Å². The quantitative estimate of drug-likeness (QED) is 0.809. The second-order valence-electron chi connectivity index (χ2n) is 5.91. The molecular weight excluding hydrogens is 302 g/mol. The van der Waals surface area contributed by atoms with Gasteiger partial charge in [-0.15, -0.1) is 0 Å². The number of rotatable bonds is 6. The summed E-state index contributed by atoms with van der Waals surface area (Å²) >= 11 is 0. The summed E-state index contributed by atoms with van der Waals surface area (Å²) in [5.41, 5.74) is -0.428. The number of Topliss-reactive ketones (excluding diaryl/α,β-unsaturated/α-hetero) is 1. The van der Waals surface area contributed by atoms with E-state index in [0.29, 0.717) is 0 Å². The van der Waals surface area contributed by atoms with Crippen LogP contribution in [0.3, 0.4) is 0 Å². The molecule has 7 heteroatoms. The van der Waals surface area contributed by atoms with Gasteiger partial charge in [-0.2, -0.15) is 5.10 Å². The molecule has 1 fully saturated rings. The first kappa shape index (κ1) is 14.9.